The molecule has 0 saturated carbocycles. The quantitative estimate of drug-likeness (QED) is 0.138. The van der Waals surface area contributed by atoms with Crippen LogP contribution in [-0.2, 0) is 28.2 Å². The van der Waals surface area contributed by atoms with Crippen LogP contribution in [0.4, 0.5) is 0 Å². The van der Waals surface area contributed by atoms with Gasteiger partial charge in [-0.15, -0.1) is 0 Å². The van der Waals surface area contributed by atoms with E-state index in [2.05, 4.69) is 191 Å². The van der Waals surface area contributed by atoms with E-state index in [0.717, 1.165) is 68.2 Å². The molecule has 0 unspecified atom stereocenters. The van der Waals surface area contributed by atoms with Crippen molar-refractivity contribution in [2.45, 2.75) is 132 Å². The topological polar surface area (TPSA) is 215 Å². The summed E-state index contributed by atoms with van der Waals surface area (Å²) in [7, 11) is 8.21. The fourth-order valence-electron chi connectivity index (χ4n) is 5.75. The van der Waals surface area contributed by atoms with Crippen LogP contribution >= 0.6 is 11.5 Å². The Labute approximate surface area is 495 Å². The maximum atomic E-state index is 4.71. The van der Waals surface area contributed by atoms with Crippen LogP contribution in [0.5, 0.6) is 0 Å². The van der Waals surface area contributed by atoms with Crippen LogP contribution < -0.4 is 0 Å². The first-order chi connectivity index (χ1) is 39.2. The SMILES string of the molecule is Cc1cc(C)n(C)c1.Cc1cc(C)on1.Cc1cc(C)on1.Cc1ccc(C)n1C.Cc1ccn(C)c1.Cc1ccn(C)c1C.Cc1ccno1.Cc1ccon1.Cc1ccsn1.Cc1cnoc1.Cc1cnoc1C.Cc1conc1C. The first kappa shape index (κ1) is 72.2. The van der Waals surface area contributed by atoms with Crippen molar-refractivity contribution < 1.29 is 31.7 Å². The van der Waals surface area contributed by atoms with Gasteiger partial charge in [0.25, 0.3) is 0 Å². The molecule has 12 heterocycles. The first-order valence-electron chi connectivity index (χ1n) is 26.6. The Morgan fingerprint density at radius 1 is 0.422 bits per heavy atom. The molecular weight excluding hydrogens is 1070 g/mol. The Morgan fingerprint density at radius 2 is 1.06 bits per heavy atom. The first-order valence-corrected chi connectivity index (χ1v) is 27.4. The summed E-state index contributed by atoms with van der Waals surface area (Å²) in [5, 5.41) is 26.9. The molecule has 12 aromatic heterocycles. The zero-order valence-electron chi connectivity index (χ0n) is 53.3. The Kier molecular flexibility index (Phi) is 35.2. The lowest BCUT2D eigenvalue weighted by molar-refractivity contribution is 0.393. The minimum atomic E-state index is 0.856. The summed E-state index contributed by atoms with van der Waals surface area (Å²) in [6.07, 6.45) is 18.1. The molecule has 0 aliphatic rings. The van der Waals surface area contributed by atoms with Crippen molar-refractivity contribution in [2.75, 3.05) is 0 Å². The summed E-state index contributed by atoms with van der Waals surface area (Å²) < 4.78 is 44.7. The molecule has 0 atom stereocenters. The number of aryl methyl sites for hydroxylation is 21. The van der Waals surface area contributed by atoms with E-state index < -0.39 is 0 Å². The standard InChI is InChI=1S/3C7H11N.C6H9N.4C5H7NO.3C4H5NO.C4H5NS/c1-6-4-7(2)8(3)5-6;1-6-4-5-8(3)7(6)2;1-6-4-5-7(2)8(6)3;1-6-3-4-7(2)5-6;1-4-3-7-6-5(4)2;1-4-3-6-7-5(4)2;2*1-4-3-5(2)7-6-4;1-4-2-5-6-3-4;1-4-2-3-6-5-4;1-4-2-3-5-6-4;1-4-2-3-6-5-4/h3*4-5H,1-3H3;3-5H,1-2H3;4*3H,1-2H3;4*2-3H,1H3. The third-order valence-electron chi connectivity index (χ3n) is 11.4. The molecule has 19 nitrogen and oxygen atoms in total. The smallest absolute Gasteiger partial charge is 0.136 e. The highest BCUT2D eigenvalue weighted by molar-refractivity contribution is 7.03. The normalized spacial score (nSPS) is 9.39. The molecule has 0 saturated heterocycles. The monoisotopic (exact) mass is 1160 g/mol. The van der Waals surface area contributed by atoms with E-state index in [1.165, 1.54) is 51.0 Å². The number of hydrogen-bond donors (Lipinski definition) is 0. The summed E-state index contributed by atoms with van der Waals surface area (Å²) in [5.74, 6) is 3.50. The summed E-state index contributed by atoms with van der Waals surface area (Å²) in [6, 6.07) is 20.0. The summed E-state index contributed by atoms with van der Waals surface area (Å²) in [6.45, 7) is 37.7. The van der Waals surface area contributed by atoms with Gasteiger partial charge in [0.2, 0.25) is 0 Å². The fraction of sp³-hybridized carbons (Fsp3) is 0.365. The molecule has 0 amide bonds. The van der Waals surface area contributed by atoms with Crippen LogP contribution in [0.3, 0.4) is 0 Å². The molecule has 12 aromatic rings. The molecule has 450 valence electrons. The van der Waals surface area contributed by atoms with Gasteiger partial charge in [-0.05, 0) is 196 Å². The summed E-state index contributed by atoms with van der Waals surface area (Å²) in [4.78, 5) is 0. The number of aromatic nitrogens is 12. The predicted molar refractivity (Wildman–Crippen MR) is 329 cm³/mol. The lowest BCUT2D eigenvalue weighted by Gasteiger charge is -1.96. The van der Waals surface area contributed by atoms with E-state index in [0.29, 0.717) is 0 Å². The second-order valence-electron chi connectivity index (χ2n) is 19.4. The molecule has 0 radical (unpaired) electrons. The van der Waals surface area contributed by atoms with E-state index in [9.17, 15) is 0 Å². The van der Waals surface area contributed by atoms with Crippen LogP contribution in [0.25, 0.3) is 0 Å². The van der Waals surface area contributed by atoms with Crippen molar-refractivity contribution in [3.63, 3.8) is 0 Å². The maximum Gasteiger partial charge on any atom is 0.136 e. The van der Waals surface area contributed by atoms with Crippen molar-refractivity contribution in [1.82, 2.24) is 58.7 Å². The van der Waals surface area contributed by atoms with E-state index in [4.69, 9.17) is 13.6 Å². The van der Waals surface area contributed by atoms with Crippen molar-refractivity contribution in [3.8, 4) is 0 Å². The zero-order chi connectivity index (χ0) is 62.4. The Bertz CT molecular complexity index is 2970. The van der Waals surface area contributed by atoms with Crippen molar-refractivity contribution in [3.05, 3.63) is 236 Å². The molecule has 0 aromatic carbocycles. The van der Waals surface area contributed by atoms with Crippen molar-refractivity contribution in [2.24, 2.45) is 28.2 Å². The Hall–Kier alpha value is -8.78. The zero-order valence-corrected chi connectivity index (χ0v) is 54.1. The van der Waals surface area contributed by atoms with Gasteiger partial charge in [0.1, 0.15) is 41.8 Å². The molecule has 0 N–H and O–H groups in total. The lowest BCUT2D eigenvalue weighted by Crippen LogP contribution is -1.91. The molecule has 0 bridgehead atoms. The van der Waals surface area contributed by atoms with Crippen LogP contribution in [0.1, 0.15) is 108 Å². The van der Waals surface area contributed by atoms with Crippen molar-refractivity contribution in [1.29, 1.82) is 0 Å². The highest BCUT2D eigenvalue weighted by Crippen LogP contribution is 2.06. The summed E-state index contributed by atoms with van der Waals surface area (Å²) >= 11 is 1.49. The van der Waals surface area contributed by atoms with Gasteiger partial charge in [-0.2, -0.15) is 4.37 Å². The molecule has 0 spiro atoms. The van der Waals surface area contributed by atoms with Gasteiger partial charge in [-0.1, -0.05) is 36.1 Å². The number of hydrogen-bond acceptors (Lipinski definition) is 16. The van der Waals surface area contributed by atoms with Gasteiger partial charge >= 0.3 is 0 Å². The summed E-state index contributed by atoms with van der Waals surface area (Å²) in [5.41, 5.74) is 17.5. The maximum absolute atomic E-state index is 4.71. The minimum absolute atomic E-state index is 0.856. The third kappa shape index (κ3) is 34.2. The molecule has 12 rings (SSSR count). The minimum Gasteiger partial charge on any atom is -0.365 e. The second-order valence-corrected chi connectivity index (χ2v) is 20.1. The van der Waals surface area contributed by atoms with Gasteiger partial charge < -0.3 is 49.9 Å². The fourth-order valence-corrected chi connectivity index (χ4v) is 6.29. The molecule has 0 fully saturated rings. The number of rotatable bonds is 0. The van der Waals surface area contributed by atoms with Crippen LogP contribution in [-0.4, -0.2) is 58.7 Å². The third-order valence-corrected chi connectivity index (χ3v) is 12.0. The largest absolute Gasteiger partial charge is 0.365 e. The van der Waals surface area contributed by atoms with Crippen LogP contribution in [0.15, 0.2) is 160 Å². The van der Waals surface area contributed by atoms with E-state index in [1.807, 2.05) is 124 Å². The molecule has 20 heteroatoms. The average molecular weight is 1160 g/mol. The molecule has 0 aliphatic heterocycles. The lowest BCUT2D eigenvalue weighted by atomic mass is 10.3. The van der Waals surface area contributed by atoms with E-state index in [-0.39, 0.29) is 0 Å². The Morgan fingerprint density at radius 3 is 1.19 bits per heavy atom. The van der Waals surface area contributed by atoms with Crippen LogP contribution in [0, 0.1) is 132 Å². The molecule has 83 heavy (non-hydrogen) atoms. The number of nitrogens with zero attached hydrogens (tertiary/aromatic N) is 12. The highest BCUT2D eigenvalue weighted by atomic mass is 32.1. The molecule has 0 aliphatic carbocycles. The highest BCUT2D eigenvalue weighted by Gasteiger charge is 1.95. The van der Waals surface area contributed by atoms with Crippen LogP contribution in [0.2, 0.25) is 0 Å². The molecular formula is C63H90N12O7S. The second kappa shape index (κ2) is 40.4. The van der Waals surface area contributed by atoms with Gasteiger partial charge in [0, 0.05) is 122 Å². The van der Waals surface area contributed by atoms with E-state index >= 15 is 0 Å². The van der Waals surface area contributed by atoms with Crippen molar-refractivity contribution >= 4 is 11.5 Å². The van der Waals surface area contributed by atoms with E-state index in [1.54, 1.807) is 49.5 Å². The predicted octanol–water partition coefficient (Wildman–Crippen LogP) is 15.8. The average Bonchev–Trinajstić information content (AvgIpc) is 4.26. The van der Waals surface area contributed by atoms with Gasteiger partial charge in [-0.3, -0.25) is 0 Å². The van der Waals surface area contributed by atoms with Gasteiger partial charge in [0.05, 0.1) is 47.1 Å². The van der Waals surface area contributed by atoms with Gasteiger partial charge in [0.15, 0.2) is 0 Å². The van der Waals surface area contributed by atoms with Gasteiger partial charge in [-0.25, -0.2) is 0 Å². The Balaban J connectivity index is 0.000000453.